The molecule has 1 amide bonds. The van der Waals surface area contributed by atoms with Gasteiger partial charge in [-0.25, -0.2) is 0 Å². The van der Waals surface area contributed by atoms with Crippen molar-refractivity contribution in [1.82, 2.24) is 10.2 Å². The minimum atomic E-state index is 0.124. The van der Waals surface area contributed by atoms with Crippen LogP contribution < -0.4 is 14.8 Å². The third-order valence-electron chi connectivity index (χ3n) is 7.97. The number of carbonyl (C=O) groups excluding carboxylic acids is 1. The maximum atomic E-state index is 14.4. The van der Waals surface area contributed by atoms with Crippen LogP contribution in [0.3, 0.4) is 0 Å². The van der Waals surface area contributed by atoms with E-state index < -0.39 is 0 Å². The predicted molar refractivity (Wildman–Crippen MR) is 161 cm³/mol. The number of nitrogens with one attached hydrogen (secondary N) is 1. The molecule has 0 radical (unpaired) electrons. The second-order valence-corrected chi connectivity index (χ2v) is 11.3. The summed E-state index contributed by atoms with van der Waals surface area (Å²) in [6, 6.07) is 23.4. The number of rotatable bonds is 9. The van der Waals surface area contributed by atoms with E-state index in [0.29, 0.717) is 19.2 Å². The van der Waals surface area contributed by atoms with Crippen LogP contribution in [0, 0.1) is 6.92 Å². The van der Waals surface area contributed by atoms with Crippen molar-refractivity contribution in [2.24, 2.45) is 0 Å². The summed E-state index contributed by atoms with van der Waals surface area (Å²) in [6.45, 7) is 5.17. The first-order valence-corrected chi connectivity index (χ1v) is 14.7. The molecule has 204 valence electrons. The Labute approximate surface area is 235 Å². The Hall–Kier alpha value is -3.35. The van der Waals surface area contributed by atoms with Crippen LogP contribution in [0.4, 0.5) is 0 Å². The fraction of sp³-hybridized carbons (Fsp3) is 0.364. The molecule has 5 rings (SSSR count). The highest BCUT2D eigenvalue weighted by Gasteiger charge is 2.31. The number of methoxy groups -OCH3 is 1. The van der Waals surface area contributed by atoms with E-state index in [2.05, 4.69) is 53.5 Å². The number of benzene rings is 3. The van der Waals surface area contributed by atoms with Crippen molar-refractivity contribution in [1.29, 1.82) is 0 Å². The van der Waals surface area contributed by atoms with E-state index in [0.717, 1.165) is 69.0 Å². The Kier molecular flexibility index (Phi) is 8.53. The molecule has 1 aliphatic rings. The zero-order valence-electron chi connectivity index (χ0n) is 23.3. The van der Waals surface area contributed by atoms with Crippen molar-refractivity contribution in [3.05, 3.63) is 82.7 Å². The van der Waals surface area contributed by atoms with Gasteiger partial charge in [0.2, 0.25) is 0 Å². The monoisotopic (exact) mass is 542 g/mol. The van der Waals surface area contributed by atoms with E-state index in [9.17, 15) is 4.79 Å². The fourth-order valence-electron chi connectivity index (χ4n) is 5.70. The summed E-state index contributed by atoms with van der Waals surface area (Å²) in [5.74, 6) is 1.79. The Morgan fingerprint density at radius 2 is 1.72 bits per heavy atom. The summed E-state index contributed by atoms with van der Waals surface area (Å²) in [5.41, 5.74) is 4.31. The molecule has 5 nitrogen and oxygen atoms in total. The summed E-state index contributed by atoms with van der Waals surface area (Å²) in [5, 5.41) is 4.60. The second kappa shape index (κ2) is 12.2. The molecule has 3 aromatic carbocycles. The number of aryl methyl sites for hydroxylation is 1. The molecule has 1 aromatic heterocycles. The number of ether oxygens (including phenoxy) is 2. The normalized spacial score (nSPS) is 17.2. The van der Waals surface area contributed by atoms with Crippen LogP contribution in [-0.2, 0) is 6.54 Å². The van der Waals surface area contributed by atoms with E-state index in [-0.39, 0.29) is 11.9 Å². The average molecular weight is 543 g/mol. The van der Waals surface area contributed by atoms with Crippen molar-refractivity contribution in [3.8, 4) is 22.6 Å². The first kappa shape index (κ1) is 27.2. The largest absolute Gasteiger partial charge is 0.497 e. The Balaban J connectivity index is 1.53. The van der Waals surface area contributed by atoms with Crippen LogP contribution in [0.2, 0.25) is 0 Å². The number of fused-ring (bicyclic) bond motifs is 1. The number of nitrogens with zero attached hydrogens (tertiary/aromatic N) is 1. The summed E-state index contributed by atoms with van der Waals surface area (Å²) < 4.78 is 12.6. The van der Waals surface area contributed by atoms with E-state index >= 15 is 0 Å². The van der Waals surface area contributed by atoms with Crippen molar-refractivity contribution in [3.63, 3.8) is 0 Å². The van der Waals surface area contributed by atoms with Crippen LogP contribution in [0.15, 0.2) is 66.7 Å². The van der Waals surface area contributed by atoms with Crippen LogP contribution in [0.25, 0.3) is 21.2 Å². The van der Waals surface area contributed by atoms with E-state index in [1.54, 1.807) is 18.4 Å². The van der Waals surface area contributed by atoms with Crippen molar-refractivity contribution >= 4 is 27.3 Å². The lowest BCUT2D eigenvalue weighted by atomic mass is 9.89. The van der Waals surface area contributed by atoms with Crippen molar-refractivity contribution in [2.75, 3.05) is 20.8 Å². The highest BCUT2D eigenvalue weighted by molar-refractivity contribution is 7.21. The van der Waals surface area contributed by atoms with Crippen molar-refractivity contribution < 1.29 is 14.3 Å². The Bertz CT molecular complexity index is 1420. The van der Waals surface area contributed by atoms with Gasteiger partial charge in [-0.1, -0.05) is 36.4 Å². The zero-order valence-corrected chi connectivity index (χ0v) is 24.1. The number of hydrogen-bond acceptors (Lipinski definition) is 5. The van der Waals surface area contributed by atoms with Gasteiger partial charge in [0.15, 0.2) is 0 Å². The third kappa shape index (κ3) is 5.82. The van der Waals surface area contributed by atoms with E-state index in [1.165, 1.54) is 5.39 Å². The Morgan fingerprint density at radius 1 is 1.00 bits per heavy atom. The van der Waals surface area contributed by atoms with Crippen LogP contribution in [0.5, 0.6) is 11.5 Å². The predicted octanol–water partition coefficient (Wildman–Crippen LogP) is 7.46. The second-order valence-electron chi connectivity index (χ2n) is 10.3. The molecule has 1 heterocycles. The molecule has 0 spiro atoms. The van der Waals surface area contributed by atoms with Crippen LogP contribution in [-0.4, -0.2) is 43.7 Å². The van der Waals surface area contributed by atoms with Gasteiger partial charge in [-0.3, -0.25) is 4.79 Å². The van der Waals surface area contributed by atoms with Crippen molar-refractivity contribution in [2.45, 2.75) is 58.2 Å². The molecule has 0 saturated heterocycles. The third-order valence-corrected chi connectivity index (χ3v) is 9.23. The lowest BCUT2D eigenvalue weighted by molar-refractivity contribution is 0.0603. The minimum absolute atomic E-state index is 0.124. The van der Waals surface area contributed by atoms with E-state index in [1.807, 2.05) is 44.3 Å². The molecule has 1 N–H and O–H groups in total. The lowest BCUT2D eigenvalue weighted by Gasteiger charge is -2.37. The zero-order chi connectivity index (χ0) is 27.4. The summed E-state index contributed by atoms with van der Waals surface area (Å²) in [6.07, 6.45) is 4.12. The molecule has 39 heavy (non-hydrogen) atoms. The van der Waals surface area contributed by atoms with Gasteiger partial charge in [0, 0.05) is 28.9 Å². The number of amides is 1. The summed E-state index contributed by atoms with van der Waals surface area (Å²) in [4.78, 5) is 17.3. The first-order chi connectivity index (χ1) is 19.0. The summed E-state index contributed by atoms with van der Waals surface area (Å²) >= 11 is 1.61. The van der Waals surface area contributed by atoms with E-state index in [4.69, 9.17) is 9.47 Å². The van der Waals surface area contributed by atoms with Gasteiger partial charge in [0.1, 0.15) is 11.5 Å². The topological polar surface area (TPSA) is 50.8 Å². The lowest BCUT2D eigenvalue weighted by Crippen LogP contribution is -2.44. The Morgan fingerprint density at radius 3 is 2.38 bits per heavy atom. The number of thiophene rings is 1. The molecule has 0 unspecified atom stereocenters. The molecule has 1 aliphatic carbocycles. The quantitative estimate of drug-likeness (QED) is 0.239. The maximum Gasteiger partial charge on any atom is 0.264 e. The number of hydrogen-bond donors (Lipinski definition) is 1. The van der Waals surface area contributed by atoms with Crippen LogP contribution in [0.1, 0.15) is 53.4 Å². The molecular weight excluding hydrogens is 504 g/mol. The van der Waals surface area contributed by atoms with Gasteiger partial charge in [0.25, 0.3) is 5.91 Å². The van der Waals surface area contributed by atoms with Gasteiger partial charge in [0.05, 0.1) is 18.6 Å². The summed E-state index contributed by atoms with van der Waals surface area (Å²) in [7, 11) is 3.71. The molecule has 1 saturated carbocycles. The number of carbonyl (C=O) groups is 1. The SMILES string of the molecule is CCOc1ccc(-c2ccc(OC)cc2)cc1CN(C(=O)c1sc2ccccc2c1C)C1CCC(NC)CC1. The molecule has 6 heteroatoms. The van der Waals surface area contributed by atoms with Gasteiger partial charge in [-0.05, 0) is 99.0 Å². The standard InChI is InChI=1S/C33H38N2O3S/c1-5-38-30-19-12-24(23-10-17-28(37-4)18-11-23)20-25(30)21-35(27-15-13-26(34-3)14-16-27)33(36)32-22(2)29-8-6-7-9-31(29)39-32/h6-12,17-20,26-27,34H,5,13-16,21H2,1-4H3. The molecular formula is C33H38N2O3S. The maximum absolute atomic E-state index is 14.4. The molecule has 1 fully saturated rings. The molecule has 4 aromatic rings. The van der Waals surface area contributed by atoms with Gasteiger partial charge in [-0.2, -0.15) is 0 Å². The minimum Gasteiger partial charge on any atom is -0.497 e. The van der Waals surface area contributed by atoms with Crippen LogP contribution >= 0.6 is 11.3 Å². The first-order valence-electron chi connectivity index (χ1n) is 13.9. The molecule has 0 bridgehead atoms. The van der Waals surface area contributed by atoms with Gasteiger partial charge >= 0.3 is 0 Å². The highest BCUT2D eigenvalue weighted by Crippen LogP contribution is 2.36. The molecule has 0 atom stereocenters. The smallest absolute Gasteiger partial charge is 0.264 e. The van der Waals surface area contributed by atoms with Gasteiger partial charge < -0.3 is 19.7 Å². The average Bonchev–Trinajstić information content (AvgIpc) is 3.33. The fourth-order valence-corrected chi connectivity index (χ4v) is 6.86. The highest BCUT2D eigenvalue weighted by atomic mass is 32.1. The van der Waals surface area contributed by atoms with Gasteiger partial charge in [-0.15, -0.1) is 11.3 Å². The molecule has 0 aliphatic heterocycles.